The molecule has 136 valence electrons. The molecule has 0 aliphatic heterocycles. The van der Waals surface area contributed by atoms with Crippen LogP contribution in [0.15, 0.2) is 12.2 Å². The quantitative estimate of drug-likeness (QED) is 0.268. The fourth-order valence-electron chi connectivity index (χ4n) is 2.30. The number of unbranched alkanes of at least 4 members (excludes halogenated alkanes) is 10. The number of rotatable bonds is 15. The van der Waals surface area contributed by atoms with Gasteiger partial charge >= 0.3 is 0 Å². The van der Waals surface area contributed by atoms with Crippen LogP contribution in [0.1, 0.15) is 77.6 Å². The van der Waals surface area contributed by atoms with Crippen LogP contribution in [0.25, 0.3) is 0 Å². The highest BCUT2D eigenvalue weighted by Crippen LogP contribution is 2.11. The smallest absolute Gasteiger partial charge is 0.266 e. The molecule has 0 radical (unpaired) electrons. The molecule has 0 aliphatic carbocycles. The van der Waals surface area contributed by atoms with Crippen molar-refractivity contribution in [3.05, 3.63) is 12.2 Å². The maximum absolute atomic E-state index is 11.3. The fraction of sp³-hybridized carbons (Fsp3) is 0.824. The fourth-order valence-corrected chi connectivity index (χ4v) is 2.66. The molecule has 6 heteroatoms. The predicted molar refractivity (Wildman–Crippen MR) is 95.0 cm³/mol. The van der Waals surface area contributed by atoms with Gasteiger partial charge in [0.15, 0.2) is 0 Å². The molecule has 0 aromatic carbocycles. The Morgan fingerprint density at radius 3 is 2.00 bits per heavy atom. The summed E-state index contributed by atoms with van der Waals surface area (Å²) in [7, 11) is -4.01. The van der Waals surface area contributed by atoms with E-state index in [1.54, 1.807) is 0 Å². The van der Waals surface area contributed by atoms with E-state index in [2.05, 4.69) is 12.2 Å². The molecule has 0 atom stereocenters. The summed E-state index contributed by atoms with van der Waals surface area (Å²) in [5.41, 5.74) is 0. The molecule has 0 bridgehead atoms. The molecule has 23 heavy (non-hydrogen) atoms. The Labute approximate surface area is 141 Å². The van der Waals surface area contributed by atoms with Crippen molar-refractivity contribution in [2.24, 2.45) is 0 Å². The molecule has 0 fully saturated rings. The van der Waals surface area contributed by atoms with Gasteiger partial charge in [0.25, 0.3) is 10.1 Å². The summed E-state index contributed by atoms with van der Waals surface area (Å²) < 4.78 is 29.5. The number of hydrogen-bond acceptors (Lipinski definition) is 3. The number of carbonyl (C=O) groups is 1. The standard InChI is InChI=1S/C17H33NO4S/c1-2-3-4-5-6-7-8-9-10-11-12-13-14-17(19)18-15-16-23(20,21)22/h13-14H,2-12,15-16H2,1H3,(H,18,19)(H,20,21,22)/b14-13+. The summed E-state index contributed by atoms with van der Waals surface area (Å²) in [4.78, 5) is 11.3. The third kappa shape index (κ3) is 19.1. The van der Waals surface area contributed by atoms with Crippen LogP contribution in [-0.4, -0.2) is 31.2 Å². The largest absolute Gasteiger partial charge is 0.351 e. The lowest BCUT2D eigenvalue weighted by atomic mass is 10.1. The van der Waals surface area contributed by atoms with E-state index >= 15 is 0 Å². The van der Waals surface area contributed by atoms with Gasteiger partial charge in [-0.2, -0.15) is 8.42 Å². The van der Waals surface area contributed by atoms with Gasteiger partial charge < -0.3 is 5.32 Å². The van der Waals surface area contributed by atoms with Gasteiger partial charge in [-0.05, 0) is 18.9 Å². The lowest BCUT2D eigenvalue weighted by molar-refractivity contribution is -0.116. The average molecular weight is 348 g/mol. The molecule has 5 nitrogen and oxygen atoms in total. The van der Waals surface area contributed by atoms with Crippen molar-refractivity contribution >= 4 is 16.0 Å². The monoisotopic (exact) mass is 347 g/mol. The van der Waals surface area contributed by atoms with Gasteiger partial charge in [0.05, 0.1) is 5.75 Å². The summed E-state index contributed by atoms with van der Waals surface area (Å²) in [5.74, 6) is -0.772. The molecule has 0 aromatic heterocycles. The van der Waals surface area contributed by atoms with Gasteiger partial charge in [-0.15, -0.1) is 0 Å². The van der Waals surface area contributed by atoms with Gasteiger partial charge in [-0.25, -0.2) is 0 Å². The molecule has 0 unspecified atom stereocenters. The van der Waals surface area contributed by atoms with E-state index in [-0.39, 0.29) is 12.5 Å². The van der Waals surface area contributed by atoms with Crippen molar-refractivity contribution in [2.45, 2.75) is 77.6 Å². The second kappa shape index (κ2) is 14.7. The molecule has 1 amide bonds. The van der Waals surface area contributed by atoms with Crippen LogP contribution in [0, 0.1) is 0 Å². The van der Waals surface area contributed by atoms with Crippen LogP contribution >= 0.6 is 0 Å². The first-order valence-corrected chi connectivity index (χ1v) is 10.5. The van der Waals surface area contributed by atoms with Crippen molar-refractivity contribution in [2.75, 3.05) is 12.3 Å². The molecule has 0 aliphatic rings. The third-order valence-electron chi connectivity index (χ3n) is 3.65. The molecule has 2 N–H and O–H groups in total. The van der Waals surface area contributed by atoms with Crippen LogP contribution in [0.3, 0.4) is 0 Å². The molecule has 0 spiro atoms. The highest BCUT2D eigenvalue weighted by molar-refractivity contribution is 7.85. The van der Waals surface area contributed by atoms with E-state index < -0.39 is 15.9 Å². The Morgan fingerprint density at radius 1 is 0.957 bits per heavy atom. The molecule has 0 aromatic rings. The Morgan fingerprint density at radius 2 is 1.48 bits per heavy atom. The number of carbonyl (C=O) groups excluding carboxylic acids is 1. The zero-order valence-electron chi connectivity index (χ0n) is 14.4. The van der Waals surface area contributed by atoms with Crippen molar-refractivity contribution in [1.29, 1.82) is 0 Å². The van der Waals surface area contributed by atoms with Gasteiger partial charge in [0.2, 0.25) is 5.91 Å². The maximum atomic E-state index is 11.3. The van der Waals surface area contributed by atoms with Gasteiger partial charge in [0.1, 0.15) is 0 Å². The highest BCUT2D eigenvalue weighted by Gasteiger charge is 2.04. The van der Waals surface area contributed by atoms with Crippen LogP contribution in [0.5, 0.6) is 0 Å². The van der Waals surface area contributed by atoms with Crippen LogP contribution in [0.4, 0.5) is 0 Å². The summed E-state index contributed by atoms with van der Waals surface area (Å²) in [5, 5.41) is 2.41. The zero-order valence-corrected chi connectivity index (χ0v) is 15.2. The Balaban J connectivity index is 3.35. The van der Waals surface area contributed by atoms with Gasteiger partial charge in [-0.3, -0.25) is 9.35 Å². The second-order valence-electron chi connectivity index (χ2n) is 5.95. The minimum Gasteiger partial charge on any atom is -0.351 e. The summed E-state index contributed by atoms with van der Waals surface area (Å²) in [6.07, 6.45) is 17.0. The van der Waals surface area contributed by atoms with Crippen molar-refractivity contribution < 1.29 is 17.8 Å². The second-order valence-corrected chi connectivity index (χ2v) is 7.52. The zero-order chi connectivity index (χ0) is 17.4. The average Bonchev–Trinajstić information content (AvgIpc) is 2.47. The molecule has 0 rings (SSSR count). The lowest BCUT2D eigenvalue weighted by Gasteiger charge is -2.01. The van der Waals surface area contributed by atoms with Crippen LogP contribution in [0.2, 0.25) is 0 Å². The molecule has 0 saturated carbocycles. The topological polar surface area (TPSA) is 83.5 Å². The van der Waals surface area contributed by atoms with Gasteiger partial charge in [0, 0.05) is 6.54 Å². The Hall–Kier alpha value is -0.880. The SMILES string of the molecule is CCCCCCCCCCCC/C=C/C(=O)NCCS(=O)(=O)O. The summed E-state index contributed by atoms with van der Waals surface area (Å²) >= 11 is 0. The Kier molecular flexibility index (Phi) is 14.1. The van der Waals surface area contributed by atoms with E-state index in [4.69, 9.17) is 4.55 Å². The van der Waals surface area contributed by atoms with Crippen molar-refractivity contribution in [3.8, 4) is 0 Å². The number of nitrogens with one attached hydrogen (secondary N) is 1. The van der Waals surface area contributed by atoms with Crippen LogP contribution in [-0.2, 0) is 14.9 Å². The first-order valence-electron chi connectivity index (χ1n) is 8.85. The third-order valence-corrected chi connectivity index (χ3v) is 4.37. The molecular weight excluding hydrogens is 314 g/mol. The van der Waals surface area contributed by atoms with Gasteiger partial charge in [-0.1, -0.05) is 70.8 Å². The Bertz CT molecular complexity index is 418. The maximum Gasteiger partial charge on any atom is 0.266 e. The first kappa shape index (κ1) is 22.1. The van der Waals surface area contributed by atoms with E-state index in [1.807, 2.05) is 6.08 Å². The molecule has 0 heterocycles. The first-order chi connectivity index (χ1) is 11.0. The highest BCUT2D eigenvalue weighted by atomic mass is 32.2. The number of hydrogen-bond donors (Lipinski definition) is 2. The number of amides is 1. The van der Waals surface area contributed by atoms with Crippen molar-refractivity contribution in [1.82, 2.24) is 5.32 Å². The summed E-state index contributed by atoms with van der Waals surface area (Å²) in [6, 6.07) is 0. The minimum atomic E-state index is -4.01. The van der Waals surface area contributed by atoms with E-state index in [1.165, 1.54) is 63.9 Å². The summed E-state index contributed by atoms with van der Waals surface area (Å²) in [6.45, 7) is 2.16. The lowest BCUT2D eigenvalue weighted by Crippen LogP contribution is -2.27. The van der Waals surface area contributed by atoms with Crippen LogP contribution < -0.4 is 5.32 Å². The van der Waals surface area contributed by atoms with E-state index in [0.29, 0.717) is 0 Å². The van der Waals surface area contributed by atoms with E-state index in [9.17, 15) is 13.2 Å². The predicted octanol–water partition coefficient (Wildman–Crippen LogP) is 3.86. The molecule has 0 saturated heterocycles. The normalized spacial score (nSPS) is 11.9. The van der Waals surface area contributed by atoms with E-state index in [0.717, 1.165) is 12.8 Å². The molecular formula is C17H33NO4S. The number of allylic oxidation sites excluding steroid dienone is 1. The minimum absolute atomic E-state index is 0.0692. The van der Waals surface area contributed by atoms with Crippen molar-refractivity contribution in [3.63, 3.8) is 0 Å².